The lowest BCUT2D eigenvalue weighted by Gasteiger charge is -2.29. The van der Waals surface area contributed by atoms with E-state index in [2.05, 4.69) is 22.6 Å². The summed E-state index contributed by atoms with van der Waals surface area (Å²) >= 11 is 0. The Balaban J connectivity index is 1.66. The molecule has 0 atom stereocenters. The zero-order valence-corrected chi connectivity index (χ0v) is 14.3. The number of hydrogen-bond acceptors (Lipinski definition) is 4. The second kappa shape index (κ2) is 8.31. The molecular formula is C16H25N3O3S. The molecule has 0 aromatic heterocycles. The van der Waals surface area contributed by atoms with E-state index in [9.17, 15) is 13.2 Å². The van der Waals surface area contributed by atoms with Crippen LogP contribution in [0.5, 0.6) is 0 Å². The molecular weight excluding hydrogens is 314 g/mol. The Morgan fingerprint density at radius 2 is 1.87 bits per heavy atom. The van der Waals surface area contributed by atoms with Crippen LogP contribution in [0.1, 0.15) is 19.3 Å². The minimum absolute atomic E-state index is 0.0333. The predicted molar refractivity (Wildman–Crippen MR) is 90.2 cm³/mol. The smallest absolute Gasteiger partial charge is 0.315 e. The number of amides is 2. The van der Waals surface area contributed by atoms with Crippen LogP contribution in [-0.2, 0) is 9.84 Å². The van der Waals surface area contributed by atoms with Gasteiger partial charge in [0.1, 0.15) is 0 Å². The highest BCUT2D eigenvalue weighted by Crippen LogP contribution is 2.11. The molecule has 2 amide bonds. The molecule has 2 N–H and O–H groups in total. The summed E-state index contributed by atoms with van der Waals surface area (Å²) in [6, 6.07) is 8.38. The second-order valence-electron chi connectivity index (χ2n) is 5.96. The number of carbonyl (C=O) groups is 1. The number of hydrogen-bond donors (Lipinski definition) is 2. The maximum absolute atomic E-state index is 12.1. The number of benzene rings is 1. The van der Waals surface area contributed by atoms with Crippen molar-refractivity contribution in [1.29, 1.82) is 0 Å². The van der Waals surface area contributed by atoms with Crippen molar-refractivity contribution in [2.45, 2.75) is 30.2 Å². The molecule has 1 saturated heterocycles. The summed E-state index contributed by atoms with van der Waals surface area (Å²) < 4.78 is 24.2. The van der Waals surface area contributed by atoms with Crippen LogP contribution in [-0.4, -0.2) is 57.8 Å². The predicted octanol–water partition coefficient (Wildman–Crippen LogP) is 1.24. The van der Waals surface area contributed by atoms with Crippen molar-refractivity contribution in [3.8, 4) is 0 Å². The fourth-order valence-electron chi connectivity index (χ4n) is 2.60. The summed E-state index contributed by atoms with van der Waals surface area (Å²) in [5.74, 6) is 0.0333. The number of nitrogens with one attached hydrogen (secondary N) is 2. The number of rotatable bonds is 6. The van der Waals surface area contributed by atoms with Crippen molar-refractivity contribution in [2.75, 3.05) is 32.4 Å². The Morgan fingerprint density at radius 1 is 1.22 bits per heavy atom. The van der Waals surface area contributed by atoms with E-state index in [0.29, 0.717) is 17.9 Å². The first-order valence-corrected chi connectivity index (χ1v) is 9.63. The highest BCUT2D eigenvalue weighted by Gasteiger charge is 2.18. The monoisotopic (exact) mass is 339 g/mol. The van der Waals surface area contributed by atoms with E-state index < -0.39 is 9.84 Å². The molecule has 128 valence electrons. The van der Waals surface area contributed by atoms with Crippen LogP contribution in [0.4, 0.5) is 4.79 Å². The summed E-state index contributed by atoms with van der Waals surface area (Å²) in [4.78, 5) is 14.4. The average Bonchev–Trinajstić information content (AvgIpc) is 2.55. The molecule has 1 aliphatic rings. The summed E-state index contributed by atoms with van der Waals surface area (Å²) in [5, 5.41) is 5.68. The van der Waals surface area contributed by atoms with Crippen molar-refractivity contribution in [3.63, 3.8) is 0 Å². The van der Waals surface area contributed by atoms with Crippen LogP contribution in [0.2, 0.25) is 0 Å². The van der Waals surface area contributed by atoms with Crippen molar-refractivity contribution >= 4 is 15.9 Å². The molecule has 0 aliphatic carbocycles. The molecule has 1 heterocycles. The largest absolute Gasteiger partial charge is 0.338 e. The van der Waals surface area contributed by atoms with Crippen LogP contribution < -0.4 is 10.6 Å². The van der Waals surface area contributed by atoms with Gasteiger partial charge in [0.15, 0.2) is 9.84 Å². The highest BCUT2D eigenvalue weighted by molar-refractivity contribution is 7.91. The van der Waals surface area contributed by atoms with E-state index in [1.165, 1.54) is 0 Å². The highest BCUT2D eigenvalue weighted by atomic mass is 32.2. The molecule has 0 bridgehead atoms. The van der Waals surface area contributed by atoms with Gasteiger partial charge >= 0.3 is 6.03 Å². The van der Waals surface area contributed by atoms with E-state index in [-0.39, 0.29) is 17.8 Å². The zero-order chi connectivity index (χ0) is 16.7. The lowest BCUT2D eigenvalue weighted by molar-refractivity contribution is 0.214. The normalized spacial score (nSPS) is 16.9. The summed E-state index contributed by atoms with van der Waals surface area (Å²) in [7, 11) is -1.20. The Hall–Kier alpha value is -1.60. The maximum atomic E-state index is 12.1. The second-order valence-corrected chi connectivity index (χ2v) is 8.07. The van der Waals surface area contributed by atoms with Gasteiger partial charge in [-0.1, -0.05) is 18.2 Å². The van der Waals surface area contributed by atoms with E-state index in [0.717, 1.165) is 25.9 Å². The maximum Gasteiger partial charge on any atom is 0.315 e. The van der Waals surface area contributed by atoms with Crippen LogP contribution in [0.25, 0.3) is 0 Å². The summed E-state index contributed by atoms with van der Waals surface area (Å²) in [6.07, 6.45) is 2.30. The van der Waals surface area contributed by atoms with Crippen molar-refractivity contribution in [2.24, 2.45) is 0 Å². The summed E-state index contributed by atoms with van der Waals surface area (Å²) in [6.45, 7) is 2.32. The van der Waals surface area contributed by atoms with Gasteiger partial charge in [-0.15, -0.1) is 0 Å². The number of piperidine rings is 1. The van der Waals surface area contributed by atoms with Gasteiger partial charge in [0.2, 0.25) is 0 Å². The number of sulfone groups is 1. The van der Waals surface area contributed by atoms with Crippen molar-refractivity contribution in [1.82, 2.24) is 15.5 Å². The third-order valence-electron chi connectivity index (χ3n) is 4.03. The molecule has 6 nitrogen and oxygen atoms in total. The van der Waals surface area contributed by atoms with Gasteiger partial charge in [-0.25, -0.2) is 13.2 Å². The molecule has 7 heteroatoms. The quantitative estimate of drug-likeness (QED) is 0.765. The number of urea groups is 1. The van der Waals surface area contributed by atoms with Gasteiger partial charge in [-0.2, -0.15) is 0 Å². The van der Waals surface area contributed by atoms with E-state index in [1.54, 1.807) is 30.3 Å². The Labute approximate surface area is 138 Å². The van der Waals surface area contributed by atoms with Crippen molar-refractivity contribution in [3.05, 3.63) is 30.3 Å². The van der Waals surface area contributed by atoms with Gasteiger partial charge in [-0.3, -0.25) is 0 Å². The fourth-order valence-corrected chi connectivity index (χ4v) is 3.93. The molecule has 2 rings (SSSR count). The first-order valence-electron chi connectivity index (χ1n) is 7.98. The van der Waals surface area contributed by atoms with Gasteiger partial charge in [0.25, 0.3) is 0 Å². The topological polar surface area (TPSA) is 78.5 Å². The Kier molecular flexibility index (Phi) is 6.41. The zero-order valence-electron chi connectivity index (χ0n) is 13.5. The first-order chi connectivity index (χ1) is 11.0. The first kappa shape index (κ1) is 17.7. The van der Waals surface area contributed by atoms with Crippen LogP contribution >= 0.6 is 0 Å². The average molecular weight is 339 g/mol. The molecule has 23 heavy (non-hydrogen) atoms. The minimum Gasteiger partial charge on any atom is -0.338 e. The van der Waals surface area contributed by atoms with Gasteiger partial charge in [-0.05, 0) is 51.5 Å². The van der Waals surface area contributed by atoms with Crippen LogP contribution in [0.15, 0.2) is 35.2 Å². The Morgan fingerprint density at radius 3 is 2.52 bits per heavy atom. The molecule has 0 unspecified atom stereocenters. The van der Waals surface area contributed by atoms with Crippen LogP contribution in [0.3, 0.4) is 0 Å². The third kappa shape index (κ3) is 5.84. The fraction of sp³-hybridized carbons (Fsp3) is 0.562. The molecule has 1 aromatic carbocycles. The molecule has 0 saturated carbocycles. The van der Waals surface area contributed by atoms with Gasteiger partial charge < -0.3 is 15.5 Å². The molecule has 0 spiro atoms. The van der Waals surface area contributed by atoms with E-state index in [1.807, 2.05) is 0 Å². The Bertz CT molecular complexity index is 596. The lowest BCUT2D eigenvalue weighted by Crippen LogP contribution is -2.47. The van der Waals surface area contributed by atoms with Crippen molar-refractivity contribution < 1.29 is 13.2 Å². The molecule has 0 radical (unpaired) electrons. The van der Waals surface area contributed by atoms with Gasteiger partial charge in [0.05, 0.1) is 10.6 Å². The minimum atomic E-state index is -3.27. The SMILES string of the molecule is CN1CCC(NC(=O)NCCCS(=O)(=O)c2ccccc2)CC1. The number of nitrogens with zero attached hydrogens (tertiary/aromatic N) is 1. The summed E-state index contributed by atoms with van der Waals surface area (Å²) in [5.41, 5.74) is 0. The standard InChI is InChI=1S/C16H25N3O3S/c1-19-11-8-14(9-12-19)18-16(20)17-10-5-13-23(21,22)15-6-3-2-4-7-15/h2-4,6-7,14H,5,8-13H2,1H3,(H2,17,18,20). The number of carbonyl (C=O) groups excluding carboxylic acids is 1. The van der Waals surface area contributed by atoms with Gasteiger partial charge in [0, 0.05) is 12.6 Å². The molecule has 1 aliphatic heterocycles. The third-order valence-corrected chi connectivity index (χ3v) is 5.85. The number of likely N-dealkylation sites (tertiary alicyclic amines) is 1. The van der Waals surface area contributed by atoms with E-state index in [4.69, 9.17) is 0 Å². The molecule has 1 fully saturated rings. The lowest BCUT2D eigenvalue weighted by atomic mass is 10.1. The van der Waals surface area contributed by atoms with Crippen LogP contribution in [0, 0.1) is 0 Å². The molecule has 1 aromatic rings. The van der Waals surface area contributed by atoms with E-state index >= 15 is 0 Å².